The van der Waals surface area contributed by atoms with Crippen molar-refractivity contribution in [1.29, 1.82) is 0 Å². The van der Waals surface area contributed by atoms with E-state index in [4.69, 9.17) is 21.1 Å². The fraction of sp³-hybridized carbons (Fsp3) is 0.133. The Morgan fingerprint density at radius 2 is 1.95 bits per heavy atom. The van der Waals surface area contributed by atoms with Crippen LogP contribution in [0.2, 0.25) is 5.02 Å². The van der Waals surface area contributed by atoms with Crippen molar-refractivity contribution in [2.75, 3.05) is 6.79 Å². The second kappa shape index (κ2) is 4.94. The Kier molecular flexibility index (Phi) is 3.13. The molecule has 0 radical (unpaired) electrons. The maximum atomic E-state index is 6.20. The van der Waals surface area contributed by atoms with E-state index in [1.54, 1.807) is 6.07 Å². The van der Waals surface area contributed by atoms with E-state index in [9.17, 15) is 0 Å². The lowest BCUT2D eigenvalue weighted by molar-refractivity contribution is 0.174. The van der Waals surface area contributed by atoms with Crippen molar-refractivity contribution in [3.8, 4) is 11.5 Å². The molecule has 0 bridgehead atoms. The topological polar surface area (TPSA) is 31.4 Å². The summed E-state index contributed by atoms with van der Waals surface area (Å²) >= 11 is 6.20. The van der Waals surface area contributed by atoms with Gasteiger partial charge in [0.2, 0.25) is 6.79 Å². The van der Waals surface area contributed by atoms with Gasteiger partial charge in [-0.15, -0.1) is 0 Å². The average molecular weight is 274 g/mol. The molecule has 0 amide bonds. The standard InChI is InChI=1S/C15H12ClNO2/c1-10-3-2-4-12(17-10)6-5-11-7-14-15(8-13(11)16)19-9-18-14/h2-8H,9H2,1H3. The monoisotopic (exact) mass is 273 g/mol. The Labute approximate surface area is 116 Å². The summed E-state index contributed by atoms with van der Waals surface area (Å²) in [4.78, 5) is 4.40. The SMILES string of the molecule is Cc1cccc(C=Cc2cc3c(cc2Cl)OCO3)n1. The first-order chi connectivity index (χ1) is 9.22. The molecule has 0 fully saturated rings. The number of aryl methyl sites for hydroxylation is 1. The zero-order valence-corrected chi connectivity index (χ0v) is 11.1. The van der Waals surface area contributed by atoms with Gasteiger partial charge in [0, 0.05) is 11.8 Å². The minimum Gasteiger partial charge on any atom is -0.454 e. The highest BCUT2D eigenvalue weighted by Crippen LogP contribution is 2.37. The Morgan fingerprint density at radius 3 is 2.74 bits per heavy atom. The van der Waals surface area contributed by atoms with Crippen LogP contribution in [0, 0.1) is 6.92 Å². The third-order valence-electron chi connectivity index (χ3n) is 2.84. The van der Waals surface area contributed by atoms with E-state index < -0.39 is 0 Å². The summed E-state index contributed by atoms with van der Waals surface area (Å²) in [5.74, 6) is 1.41. The van der Waals surface area contributed by atoms with Crippen molar-refractivity contribution in [3.05, 3.63) is 52.3 Å². The molecule has 3 nitrogen and oxygen atoms in total. The highest BCUT2D eigenvalue weighted by Gasteiger charge is 2.15. The number of rotatable bonds is 2. The summed E-state index contributed by atoms with van der Waals surface area (Å²) in [5, 5.41) is 0.633. The van der Waals surface area contributed by atoms with Crippen molar-refractivity contribution in [1.82, 2.24) is 4.98 Å². The van der Waals surface area contributed by atoms with Gasteiger partial charge >= 0.3 is 0 Å². The molecule has 3 rings (SSSR count). The van der Waals surface area contributed by atoms with Gasteiger partial charge in [0.05, 0.1) is 10.7 Å². The fourth-order valence-corrected chi connectivity index (χ4v) is 2.11. The number of nitrogens with zero attached hydrogens (tertiary/aromatic N) is 1. The lowest BCUT2D eigenvalue weighted by Crippen LogP contribution is -1.92. The molecule has 0 aliphatic carbocycles. The third kappa shape index (κ3) is 2.56. The summed E-state index contributed by atoms with van der Waals surface area (Å²) in [6, 6.07) is 9.53. The van der Waals surface area contributed by atoms with Crippen LogP contribution in [0.15, 0.2) is 30.3 Å². The van der Waals surface area contributed by atoms with Crippen LogP contribution < -0.4 is 9.47 Å². The molecule has 0 saturated heterocycles. The molecule has 1 aromatic carbocycles. The van der Waals surface area contributed by atoms with E-state index in [0.717, 1.165) is 22.7 Å². The Bertz CT molecular complexity index is 653. The molecular formula is C15H12ClNO2. The molecule has 1 aliphatic heterocycles. The second-order valence-electron chi connectivity index (χ2n) is 4.26. The van der Waals surface area contributed by atoms with E-state index in [2.05, 4.69) is 4.98 Å². The lowest BCUT2D eigenvalue weighted by atomic mass is 10.1. The van der Waals surface area contributed by atoms with Crippen LogP contribution in [0.5, 0.6) is 11.5 Å². The van der Waals surface area contributed by atoms with Gasteiger partial charge in [-0.1, -0.05) is 23.7 Å². The average Bonchev–Trinajstić information content (AvgIpc) is 2.83. The number of aromatic nitrogens is 1. The van der Waals surface area contributed by atoms with Crippen LogP contribution >= 0.6 is 11.6 Å². The number of fused-ring (bicyclic) bond motifs is 1. The summed E-state index contributed by atoms with van der Waals surface area (Å²) in [7, 11) is 0. The second-order valence-corrected chi connectivity index (χ2v) is 4.67. The van der Waals surface area contributed by atoms with Crippen molar-refractivity contribution in [3.63, 3.8) is 0 Å². The summed E-state index contributed by atoms with van der Waals surface area (Å²) in [5.41, 5.74) is 2.77. The minimum absolute atomic E-state index is 0.248. The Morgan fingerprint density at radius 1 is 1.16 bits per heavy atom. The van der Waals surface area contributed by atoms with Crippen molar-refractivity contribution >= 4 is 23.8 Å². The van der Waals surface area contributed by atoms with Gasteiger partial charge in [-0.2, -0.15) is 0 Å². The number of hydrogen-bond acceptors (Lipinski definition) is 3. The Hall–Kier alpha value is -2.00. The highest BCUT2D eigenvalue weighted by molar-refractivity contribution is 6.32. The molecule has 0 unspecified atom stereocenters. The molecule has 96 valence electrons. The predicted molar refractivity (Wildman–Crippen MR) is 75.5 cm³/mol. The zero-order valence-electron chi connectivity index (χ0n) is 10.4. The quantitative estimate of drug-likeness (QED) is 0.830. The van der Waals surface area contributed by atoms with Gasteiger partial charge < -0.3 is 9.47 Å². The van der Waals surface area contributed by atoms with E-state index in [-0.39, 0.29) is 6.79 Å². The molecule has 19 heavy (non-hydrogen) atoms. The van der Waals surface area contributed by atoms with Gasteiger partial charge in [-0.05, 0) is 36.8 Å². The maximum Gasteiger partial charge on any atom is 0.231 e. The van der Waals surface area contributed by atoms with E-state index in [1.807, 2.05) is 43.3 Å². The molecular weight excluding hydrogens is 262 g/mol. The highest BCUT2D eigenvalue weighted by atomic mass is 35.5. The molecule has 4 heteroatoms. The number of hydrogen-bond donors (Lipinski definition) is 0. The first-order valence-electron chi connectivity index (χ1n) is 5.93. The van der Waals surface area contributed by atoms with E-state index in [1.165, 1.54) is 0 Å². The zero-order chi connectivity index (χ0) is 13.2. The van der Waals surface area contributed by atoms with Gasteiger partial charge in [-0.3, -0.25) is 4.98 Å². The molecule has 0 spiro atoms. The van der Waals surface area contributed by atoms with E-state index in [0.29, 0.717) is 10.8 Å². The van der Waals surface area contributed by atoms with Crippen LogP contribution in [0.3, 0.4) is 0 Å². The summed E-state index contributed by atoms with van der Waals surface area (Å²) in [6.45, 7) is 2.21. The molecule has 2 heterocycles. The van der Waals surface area contributed by atoms with Crippen LogP contribution in [0.1, 0.15) is 17.0 Å². The number of pyridine rings is 1. The lowest BCUT2D eigenvalue weighted by Gasteiger charge is -2.01. The van der Waals surface area contributed by atoms with Crippen LogP contribution in [0.25, 0.3) is 12.2 Å². The normalized spacial score (nSPS) is 13.2. The first-order valence-corrected chi connectivity index (χ1v) is 6.31. The third-order valence-corrected chi connectivity index (χ3v) is 3.16. The van der Waals surface area contributed by atoms with Crippen LogP contribution in [0.4, 0.5) is 0 Å². The molecule has 1 aliphatic rings. The largest absolute Gasteiger partial charge is 0.454 e. The van der Waals surface area contributed by atoms with Crippen molar-refractivity contribution in [2.45, 2.75) is 6.92 Å². The van der Waals surface area contributed by atoms with Gasteiger partial charge in [-0.25, -0.2) is 0 Å². The van der Waals surface area contributed by atoms with Gasteiger partial charge in [0.15, 0.2) is 11.5 Å². The predicted octanol–water partition coefficient (Wildman–Crippen LogP) is 3.94. The first kappa shape index (κ1) is 12.1. The molecule has 0 N–H and O–H groups in total. The summed E-state index contributed by atoms with van der Waals surface area (Å²) in [6.07, 6.45) is 3.85. The maximum absolute atomic E-state index is 6.20. The fourth-order valence-electron chi connectivity index (χ4n) is 1.89. The van der Waals surface area contributed by atoms with Crippen molar-refractivity contribution < 1.29 is 9.47 Å². The number of benzene rings is 1. The van der Waals surface area contributed by atoms with Gasteiger partial charge in [0.1, 0.15) is 0 Å². The molecule has 0 atom stereocenters. The van der Waals surface area contributed by atoms with E-state index >= 15 is 0 Å². The summed E-state index contributed by atoms with van der Waals surface area (Å²) < 4.78 is 10.6. The Balaban J connectivity index is 1.91. The molecule has 0 saturated carbocycles. The molecule has 1 aromatic heterocycles. The number of halogens is 1. The van der Waals surface area contributed by atoms with Crippen LogP contribution in [-0.4, -0.2) is 11.8 Å². The molecule has 2 aromatic rings. The van der Waals surface area contributed by atoms with Crippen molar-refractivity contribution in [2.24, 2.45) is 0 Å². The smallest absolute Gasteiger partial charge is 0.231 e. The minimum atomic E-state index is 0.248. The van der Waals surface area contributed by atoms with Crippen LogP contribution in [-0.2, 0) is 0 Å². The number of ether oxygens (including phenoxy) is 2. The van der Waals surface area contributed by atoms with Gasteiger partial charge in [0.25, 0.3) is 0 Å².